The predicted octanol–water partition coefficient (Wildman–Crippen LogP) is 3.73. The molecule has 1 rings (SSSR count). The molecule has 1 atom stereocenters. The summed E-state index contributed by atoms with van der Waals surface area (Å²) in [5, 5.41) is 12.2. The van der Waals surface area contributed by atoms with Gasteiger partial charge in [0.1, 0.15) is 0 Å². The first-order valence-electron chi connectivity index (χ1n) is 5.09. The van der Waals surface area contributed by atoms with E-state index in [9.17, 15) is 0 Å². The number of rotatable bonds is 5. The molecule has 1 unspecified atom stereocenters. The van der Waals surface area contributed by atoms with Gasteiger partial charge in [-0.25, -0.2) is 0 Å². The van der Waals surface area contributed by atoms with Crippen LogP contribution in [-0.4, -0.2) is 18.6 Å². The SMILES string of the molecule is CSCC(C)CNc1cc(Br)cc(C#N)c1. The van der Waals surface area contributed by atoms with Gasteiger partial charge in [0.05, 0.1) is 11.6 Å². The van der Waals surface area contributed by atoms with Crippen LogP contribution in [-0.2, 0) is 0 Å². The smallest absolute Gasteiger partial charge is 0.0992 e. The predicted molar refractivity (Wildman–Crippen MR) is 74.9 cm³/mol. The number of nitrogens with one attached hydrogen (secondary N) is 1. The summed E-state index contributed by atoms with van der Waals surface area (Å²) in [7, 11) is 0. The number of hydrogen-bond acceptors (Lipinski definition) is 3. The van der Waals surface area contributed by atoms with E-state index in [1.165, 1.54) is 0 Å². The van der Waals surface area contributed by atoms with Crippen molar-refractivity contribution in [3.63, 3.8) is 0 Å². The third kappa shape index (κ3) is 4.46. The average molecular weight is 299 g/mol. The molecule has 0 aliphatic carbocycles. The van der Waals surface area contributed by atoms with Crippen molar-refractivity contribution >= 4 is 33.4 Å². The highest BCUT2D eigenvalue weighted by molar-refractivity contribution is 9.10. The summed E-state index contributed by atoms with van der Waals surface area (Å²) < 4.78 is 0.937. The zero-order valence-electron chi connectivity index (χ0n) is 9.46. The molecular formula is C12H15BrN2S. The summed E-state index contributed by atoms with van der Waals surface area (Å²) in [6.07, 6.45) is 2.11. The minimum absolute atomic E-state index is 0.625. The van der Waals surface area contributed by atoms with E-state index in [4.69, 9.17) is 5.26 Å². The zero-order valence-corrected chi connectivity index (χ0v) is 11.9. The zero-order chi connectivity index (χ0) is 12.0. The molecule has 0 amide bonds. The summed E-state index contributed by atoms with van der Waals surface area (Å²) in [4.78, 5) is 0. The van der Waals surface area contributed by atoms with Crippen molar-refractivity contribution < 1.29 is 0 Å². The Bertz CT molecular complexity index is 387. The molecule has 4 heteroatoms. The van der Waals surface area contributed by atoms with E-state index in [-0.39, 0.29) is 0 Å². The summed E-state index contributed by atoms with van der Waals surface area (Å²) in [6.45, 7) is 3.15. The molecule has 16 heavy (non-hydrogen) atoms. The number of benzene rings is 1. The van der Waals surface area contributed by atoms with Crippen molar-refractivity contribution in [2.24, 2.45) is 5.92 Å². The molecule has 0 bridgehead atoms. The Hall–Kier alpha value is -0.660. The van der Waals surface area contributed by atoms with E-state index in [0.717, 1.165) is 22.5 Å². The Morgan fingerprint density at radius 3 is 2.88 bits per heavy atom. The first kappa shape index (κ1) is 13.4. The van der Waals surface area contributed by atoms with Gasteiger partial charge in [-0.1, -0.05) is 22.9 Å². The van der Waals surface area contributed by atoms with Crippen LogP contribution in [0.25, 0.3) is 0 Å². The molecule has 0 aliphatic heterocycles. The monoisotopic (exact) mass is 298 g/mol. The van der Waals surface area contributed by atoms with Crippen molar-refractivity contribution in [1.29, 1.82) is 5.26 Å². The van der Waals surface area contributed by atoms with E-state index < -0.39 is 0 Å². The molecule has 1 aromatic carbocycles. The van der Waals surface area contributed by atoms with E-state index in [2.05, 4.69) is 40.5 Å². The largest absolute Gasteiger partial charge is 0.385 e. The molecule has 86 valence electrons. The van der Waals surface area contributed by atoms with Gasteiger partial charge in [-0.05, 0) is 36.1 Å². The molecule has 0 saturated carbocycles. The molecule has 1 N–H and O–H groups in total. The van der Waals surface area contributed by atoms with Crippen LogP contribution in [0.1, 0.15) is 12.5 Å². The topological polar surface area (TPSA) is 35.8 Å². The van der Waals surface area contributed by atoms with Gasteiger partial charge in [0.2, 0.25) is 0 Å². The fraction of sp³-hybridized carbons (Fsp3) is 0.417. The van der Waals surface area contributed by atoms with Crippen molar-refractivity contribution in [3.8, 4) is 6.07 Å². The van der Waals surface area contributed by atoms with Crippen LogP contribution in [0, 0.1) is 17.2 Å². The highest BCUT2D eigenvalue weighted by Gasteiger charge is 2.02. The molecule has 0 heterocycles. The molecule has 1 aromatic rings. The number of thioether (sulfide) groups is 1. The first-order chi connectivity index (χ1) is 7.65. The van der Waals surface area contributed by atoms with Gasteiger partial charge in [0, 0.05) is 16.7 Å². The Labute approximate surface area is 110 Å². The van der Waals surface area contributed by atoms with E-state index in [0.29, 0.717) is 11.5 Å². The van der Waals surface area contributed by atoms with Gasteiger partial charge in [-0.3, -0.25) is 0 Å². The highest BCUT2D eigenvalue weighted by Crippen LogP contribution is 2.19. The van der Waals surface area contributed by atoms with Crippen LogP contribution in [0.4, 0.5) is 5.69 Å². The van der Waals surface area contributed by atoms with Gasteiger partial charge in [0.25, 0.3) is 0 Å². The maximum Gasteiger partial charge on any atom is 0.0992 e. The lowest BCUT2D eigenvalue weighted by atomic mass is 10.2. The molecule has 0 spiro atoms. The maximum atomic E-state index is 8.85. The second kappa shape index (κ2) is 6.82. The first-order valence-corrected chi connectivity index (χ1v) is 7.28. The molecular weight excluding hydrogens is 284 g/mol. The van der Waals surface area contributed by atoms with Crippen LogP contribution >= 0.6 is 27.7 Å². The van der Waals surface area contributed by atoms with E-state index in [1.807, 2.05) is 30.0 Å². The summed E-state index contributed by atoms with van der Waals surface area (Å²) >= 11 is 5.25. The van der Waals surface area contributed by atoms with Crippen LogP contribution in [0.3, 0.4) is 0 Å². The van der Waals surface area contributed by atoms with Crippen LogP contribution < -0.4 is 5.32 Å². The lowest BCUT2D eigenvalue weighted by molar-refractivity contribution is 0.701. The Morgan fingerprint density at radius 2 is 2.25 bits per heavy atom. The van der Waals surface area contributed by atoms with Crippen molar-refractivity contribution in [1.82, 2.24) is 0 Å². The third-order valence-corrected chi connectivity index (χ3v) is 3.49. The van der Waals surface area contributed by atoms with E-state index in [1.54, 1.807) is 0 Å². The van der Waals surface area contributed by atoms with Crippen molar-refractivity contribution in [2.75, 3.05) is 23.9 Å². The normalized spacial score (nSPS) is 11.9. The molecule has 0 fully saturated rings. The minimum atomic E-state index is 0.625. The molecule has 0 radical (unpaired) electrons. The maximum absolute atomic E-state index is 8.85. The standard InChI is InChI=1S/C12H15BrN2S/c1-9(8-16-2)7-15-12-4-10(6-14)3-11(13)5-12/h3-5,9,15H,7-8H2,1-2H3. The van der Waals surface area contributed by atoms with Crippen molar-refractivity contribution in [3.05, 3.63) is 28.2 Å². The molecule has 0 saturated heterocycles. The number of nitrogens with zero attached hydrogens (tertiary/aromatic N) is 1. The second-order valence-corrected chi connectivity index (χ2v) is 5.61. The van der Waals surface area contributed by atoms with Gasteiger partial charge < -0.3 is 5.32 Å². The van der Waals surface area contributed by atoms with Gasteiger partial charge in [-0.15, -0.1) is 0 Å². The Kier molecular flexibility index (Phi) is 5.72. The lowest BCUT2D eigenvalue weighted by Gasteiger charge is -2.12. The number of halogens is 1. The fourth-order valence-electron chi connectivity index (χ4n) is 1.39. The second-order valence-electron chi connectivity index (χ2n) is 3.78. The van der Waals surface area contributed by atoms with Crippen LogP contribution in [0.5, 0.6) is 0 Å². The Balaban J connectivity index is 2.60. The fourth-order valence-corrected chi connectivity index (χ4v) is 2.57. The Morgan fingerprint density at radius 1 is 1.50 bits per heavy atom. The summed E-state index contributed by atoms with van der Waals surface area (Å²) in [5.41, 5.74) is 1.67. The quantitative estimate of drug-likeness (QED) is 0.900. The van der Waals surface area contributed by atoms with Gasteiger partial charge in [0.15, 0.2) is 0 Å². The minimum Gasteiger partial charge on any atom is -0.385 e. The summed E-state index contributed by atoms with van der Waals surface area (Å²) in [5.74, 6) is 1.77. The van der Waals surface area contributed by atoms with Gasteiger partial charge >= 0.3 is 0 Å². The average Bonchev–Trinajstić information content (AvgIpc) is 2.26. The number of nitriles is 1. The molecule has 2 nitrogen and oxygen atoms in total. The third-order valence-electron chi connectivity index (χ3n) is 2.13. The lowest BCUT2D eigenvalue weighted by Crippen LogP contribution is -2.13. The summed E-state index contributed by atoms with van der Waals surface area (Å²) in [6, 6.07) is 7.83. The van der Waals surface area contributed by atoms with Gasteiger partial charge in [-0.2, -0.15) is 17.0 Å². The number of hydrogen-bond donors (Lipinski definition) is 1. The molecule has 0 aliphatic rings. The number of anilines is 1. The van der Waals surface area contributed by atoms with Crippen LogP contribution in [0.15, 0.2) is 22.7 Å². The molecule has 0 aromatic heterocycles. The van der Waals surface area contributed by atoms with Crippen molar-refractivity contribution in [2.45, 2.75) is 6.92 Å². The van der Waals surface area contributed by atoms with E-state index >= 15 is 0 Å². The highest BCUT2D eigenvalue weighted by atomic mass is 79.9. The van der Waals surface area contributed by atoms with Crippen LogP contribution in [0.2, 0.25) is 0 Å².